The zero-order valence-electron chi connectivity index (χ0n) is 14.1. The molecule has 0 aliphatic rings. The van der Waals surface area contributed by atoms with Gasteiger partial charge in [-0.25, -0.2) is 0 Å². The van der Waals surface area contributed by atoms with Crippen molar-refractivity contribution in [2.24, 2.45) is 0 Å². The van der Waals surface area contributed by atoms with Crippen LogP contribution in [0.15, 0.2) is 60.7 Å². The first-order valence-electron chi connectivity index (χ1n) is 8.83. The molecular formula is C20H29O3P. The Morgan fingerprint density at radius 3 is 1.58 bits per heavy atom. The van der Waals surface area contributed by atoms with Crippen molar-refractivity contribution in [3.05, 3.63) is 71.8 Å². The zero-order chi connectivity index (χ0) is 17.3. The predicted molar refractivity (Wildman–Crippen MR) is 102 cm³/mol. The third-order valence-corrected chi connectivity index (χ3v) is 5.43. The molecule has 0 amide bonds. The molecule has 3 nitrogen and oxygen atoms in total. The first kappa shape index (κ1) is 19.1. The van der Waals surface area contributed by atoms with Crippen molar-refractivity contribution in [1.82, 2.24) is 0 Å². The van der Waals surface area contributed by atoms with Crippen molar-refractivity contribution in [3.8, 4) is 0 Å². The van der Waals surface area contributed by atoms with E-state index in [1.54, 1.807) is 0 Å². The third kappa shape index (κ3) is 7.11. The van der Waals surface area contributed by atoms with Gasteiger partial charge >= 0.3 is 145 Å². The molecule has 0 atom stereocenters. The standard InChI is InChI=1S/C20H29O3P/c21-24(22,23)17-11-3-1-2-10-16-20(18-12-6-4-7-13-18)19-14-8-5-9-15-19/h4-9,12-15,20-24H,1-3,10-11,16-17H2. The first-order valence-corrected chi connectivity index (χ1v) is 10.9. The van der Waals surface area contributed by atoms with Crippen LogP contribution in [0.2, 0.25) is 0 Å². The summed E-state index contributed by atoms with van der Waals surface area (Å²) in [5.74, 6) is 0.430. The molecule has 2 aromatic carbocycles. The van der Waals surface area contributed by atoms with Gasteiger partial charge in [-0.1, -0.05) is 0 Å². The fourth-order valence-electron chi connectivity index (χ4n) is 3.14. The summed E-state index contributed by atoms with van der Waals surface area (Å²) in [4.78, 5) is 27.0. The SMILES string of the molecule is O[PH](O)(O)CCCCCCCC(c1ccccc1)c1ccccc1. The fourth-order valence-corrected chi connectivity index (χ4v) is 3.86. The molecule has 0 aromatic heterocycles. The molecule has 0 saturated heterocycles. The molecule has 2 rings (SSSR count). The van der Waals surface area contributed by atoms with Crippen LogP contribution >= 0.6 is 7.94 Å². The fraction of sp³-hybridized carbons (Fsp3) is 0.400. The number of hydrogen-bond acceptors (Lipinski definition) is 3. The summed E-state index contributed by atoms with van der Waals surface area (Å²) < 4.78 is 0. The van der Waals surface area contributed by atoms with Crippen molar-refractivity contribution in [3.63, 3.8) is 0 Å². The van der Waals surface area contributed by atoms with Crippen LogP contribution in [0.5, 0.6) is 0 Å². The Kier molecular flexibility index (Phi) is 7.87. The van der Waals surface area contributed by atoms with E-state index < -0.39 is 7.94 Å². The van der Waals surface area contributed by atoms with E-state index in [1.165, 1.54) is 11.1 Å². The van der Waals surface area contributed by atoms with Crippen LogP contribution in [-0.2, 0) is 0 Å². The molecule has 4 heteroatoms. The summed E-state index contributed by atoms with van der Waals surface area (Å²) in [6.07, 6.45) is 6.26. The van der Waals surface area contributed by atoms with Crippen LogP contribution < -0.4 is 0 Å². The minimum atomic E-state index is -3.83. The van der Waals surface area contributed by atoms with E-state index in [9.17, 15) is 0 Å². The molecule has 0 aliphatic heterocycles. The van der Waals surface area contributed by atoms with Crippen LogP contribution in [0.3, 0.4) is 0 Å². The molecule has 0 aliphatic carbocycles. The Balaban J connectivity index is 1.80. The first-order chi connectivity index (χ1) is 11.6. The third-order valence-electron chi connectivity index (χ3n) is 4.41. The normalized spacial score (nSPS) is 12.5. The van der Waals surface area contributed by atoms with Gasteiger partial charge in [-0.3, -0.25) is 0 Å². The Bertz CT molecular complexity index is 527. The van der Waals surface area contributed by atoms with E-state index in [4.69, 9.17) is 14.7 Å². The average molecular weight is 348 g/mol. The molecule has 2 aromatic rings. The maximum atomic E-state index is 9.00. The van der Waals surface area contributed by atoms with Crippen LogP contribution in [-0.4, -0.2) is 20.8 Å². The van der Waals surface area contributed by atoms with Crippen molar-refractivity contribution in [2.75, 3.05) is 6.16 Å². The summed E-state index contributed by atoms with van der Waals surface area (Å²) in [6.45, 7) is 0. The van der Waals surface area contributed by atoms with Crippen LogP contribution in [0.4, 0.5) is 0 Å². The summed E-state index contributed by atoms with van der Waals surface area (Å²) >= 11 is 0. The number of unbranched alkanes of at least 4 members (excludes halogenated alkanes) is 4. The van der Waals surface area contributed by atoms with Gasteiger partial charge in [-0.2, -0.15) is 0 Å². The molecule has 0 bridgehead atoms. The van der Waals surface area contributed by atoms with Gasteiger partial charge in [0.25, 0.3) is 0 Å². The summed E-state index contributed by atoms with van der Waals surface area (Å²) in [5.41, 5.74) is 2.72. The van der Waals surface area contributed by atoms with Crippen molar-refractivity contribution >= 4 is 7.94 Å². The Labute approximate surface area is 145 Å². The van der Waals surface area contributed by atoms with Crippen LogP contribution in [0, 0.1) is 0 Å². The second kappa shape index (κ2) is 9.90. The predicted octanol–water partition coefficient (Wildman–Crippen LogP) is 4.63. The second-order valence-electron chi connectivity index (χ2n) is 6.45. The van der Waals surface area contributed by atoms with Crippen LogP contribution in [0.25, 0.3) is 0 Å². The quantitative estimate of drug-likeness (QED) is 0.433. The van der Waals surface area contributed by atoms with Gasteiger partial charge in [0.15, 0.2) is 0 Å². The summed E-state index contributed by atoms with van der Waals surface area (Å²) in [7, 11) is -3.83. The molecule has 3 N–H and O–H groups in total. The van der Waals surface area contributed by atoms with E-state index in [2.05, 4.69) is 60.7 Å². The maximum absolute atomic E-state index is 9.00. The molecule has 24 heavy (non-hydrogen) atoms. The van der Waals surface area contributed by atoms with Gasteiger partial charge in [0, 0.05) is 0 Å². The van der Waals surface area contributed by atoms with Gasteiger partial charge < -0.3 is 0 Å². The van der Waals surface area contributed by atoms with Gasteiger partial charge in [-0.05, 0) is 0 Å². The molecule has 0 saturated carbocycles. The van der Waals surface area contributed by atoms with Crippen molar-refractivity contribution < 1.29 is 14.7 Å². The molecule has 0 unspecified atom stereocenters. The monoisotopic (exact) mass is 348 g/mol. The molecule has 0 radical (unpaired) electrons. The molecule has 132 valence electrons. The van der Waals surface area contributed by atoms with Crippen LogP contribution in [0.1, 0.15) is 55.6 Å². The molecular weight excluding hydrogens is 319 g/mol. The topological polar surface area (TPSA) is 60.7 Å². The van der Waals surface area contributed by atoms with E-state index in [0.717, 1.165) is 32.1 Å². The number of benzene rings is 2. The van der Waals surface area contributed by atoms with Gasteiger partial charge in [0.1, 0.15) is 0 Å². The van der Waals surface area contributed by atoms with E-state index >= 15 is 0 Å². The molecule has 0 spiro atoms. The summed E-state index contributed by atoms with van der Waals surface area (Å²) in [5, 5.41) is 0. The Hall–Kier alpha value is -1.25. The molecule has 0 heterocycles. The van der Waals surface area contributed by atoms with Gasteiger partial charge in [0.2, 0.25) is 0 Å². The van der Waals surface area contributed by atoms with Crippen molar-refractivity contribution in [1.29, 1.82) is 0 Å². The Morgan fingerprint density at radius 2 is 1.08 bits per heavy atom. The minimum absolute atomic E-state index is 0.156. The summed E-state index contributed by atoms with van der Waals surface area (Å²) in [6, 6.07) is 21.3. The van der Waals surface area contributed by atoms with Crippen molar-refractivity contribution in [2.45, 2.75) is 44.4 Å². The van der Waals surface area contributed by atoms with E-state index in [1.807, 2.05) is 0 Å². The number of rotatable bonds is 10. The molecule has 0 fully saturated rings. The average Bonchev–Trinajstić information content (AvgIpc) is 2.58. The zero-order valence-corrected chi connectivity index (χ0v) is 15.1. The van der Waals surface area contributed by atoms with Gasteiger partial charge in [0.05, 0.1) is 0 Å². The number of hydrogen-bond donors (Lipinski definition) is 3. The van der Waals surface area contributed by atoms with E-state index in [0.29, 0.717) is 12.3 Å². The van der Waals surface area contributed by atoms with Gasteiger partial charge in [-0.15, -0.1) is 0 Å². The Morgan fingerprint density at radius 1 is 0.625 bits per heavy atom. The second-order valence-corrected chi connectivity index (χ2v) is 8.50. The van der Waals surface area contributed by atoms with E-state index in [-0.39, 0.29) is 6.16 Å².